The molecule has 1 amide bonds. The monoisotopic (exact) mass is 341 g/mol. The molecule has 1 fully saturated rings. The zero-order valence-electron chi connectivity index (χ0n) is 14.0. The highest BCUT2D eigenvalue weighted by atomic mass is 32.2. The van der Waals surface area contributed by atoms with Crippen molar-refractivity contribution in [1.29, 1.82) is 0 Å². The number of anilines is 1. The average molecular weight is 341 g/mol. The number of aryl methyl sites for hydroxylation is 1. The highest BCUT2D eigenvalue weighted by Crippen LogP contribution is 2.27. The number of nitrogens with zero attached hydrogens (tertiary/aromatic N) is 2. The molecule has 0 saturated carbocycles. The summed E-state index contributed by atoms with van der Waals surface area (Å²) in [4.78, 5) is 12.1. The van der Waals surface area contributed by atoms with E-state index in [0.717, 1.165) is 18.5 Å². The molecule has 130 valence electrons. The Morgan fingerprint density at radius 2 is 2.09 bits per heavy atom. The first-order valence-corrected chi connectivity index (χ1v) is 10.3. The number of carbonyl (C=O) groups excluding carboxylic acids is 1. The van der Waals surface area contributed by atoms with Crippen molar-refractivity contribution >= 4 is 21.6 Å². The summed E-state index contributed by atoms with van der Waals surface area (Å²) in [5.41, 5.74) is 0.785. The van der Waals surface area contributed by atoms with E-state index in [-0.39, 0.29) is 23.5 Å². The van der Waals surface area contributed by atoms with Crippen molar-refractivity contribution in [3.63, 3.8) is 0 Å². The summed E-state index contributed by atoms with van der Waals surface area (Å²) in [6.45, 7) is 4.01. The highest BCUT2D eigenvalue weighted by Gasteiger charge is 2.31. The van der Waals surface area contributed by atoms with Gasteiger partial charge >= 0.3 is 0 Å². The first-order chi connectivity index (χ1) is 10.9. The van der Waals surface area contributed by atoms with Crippen molar-refractivity contribution in [2.24, 2.45) is 0 Å². The Bertz CT molecular complexity index is 637. The van der Waals surface area contributed by atoms with E-state index in [4.69, 9.17) is 0 Å². The molecule has 1 aliphatic heterocycles. The van der Waals surface area contributed by atoms with Crippen LogP contribution >= 0.6 is 0 Å². The average Bonchev–Trinajstić information content (AvgIpc) is 3.01. The number of hydrogen-bond donors (Lipinski definition) is 1. The van der Waals surface area contributed by atoms with Crippen LogP contribution in [0.2, 0.25) is 0 Å². The van der Waals surface area contributed by atoms with Gasteiger partial charge in [0.2, 0.25) is 5.91 Å². The second-order valence-corrected chi connectivity index (χ2v) is 8.61. The van der Waals surface area contributed by atoms with E-state index >= 15 is 0 Å². The van der Waals surface area contributed by atoms with Gasteiger partial charge in [-0.25, -0.2) is 13.1 Å². The highest BCUT2D eigenvalue weighted by molar-refractivity contribution is 7.91. The molecule has 0 aliphatic carbocycles. The molecule has 1 aromatic heterocycles. The lowest BCUT2D eigenvalue weighted by Crippen LogP contribution is -2.19. The molecule has 0 spiro atoms. The molecule has 7 heteroatoms. The van der Waals surface area contributed by atoms with Crippen molar-refractivity contribution < 1.29 is 13.2 Å². The van der Waals surface area contributed by atoms with Crippen LogP contribution in [0.5, 0.6) is 0 Å². The molecule has 1 unspecified atom stereocenters. The van der Waals surface area contributed by atoms with Crippen molar-refractivity contribution in [3.8, 4) is 0 Å². The number of unbranched alkanes of at least 4 members (excludes halogenated alkanes) is 4. The van der Waals surface area contributed by atoms with E-state index in [9.17, 15) is 13.2 Å². The largest absolute Gasteiger partial charge is 0.311 e. The van der Waals surface area contributed by atoms with Gasteiger partial charge in [-0.15, -0.1) is 0 Å². The van der Waals surface area contributed by atoms with Crippen LogP contribution in [0.15, 0.2) is 6.07 Å². The molecule has 2 rings (SSSR count). The predicted octanol–water partition coefficient (Wildman–Crippen LogP) is 2.85. The van der Waals surface area contributed by atoms with Crippen LogP contribution < -0.4 is 5.32 Å². The van der Waals surface area contributed by atoms with Gasteiger partial charge in [0.1, 0.15) is 5.82 Å². The van der Waals surface area contributed by atoms with E-state index in [1.54, 1.807) is 10.7 Å². The van der Waals surface area contributed by atoms with Crippen molar-refractivity contribution in [2.45, 2.75) is 64.8 Å². The van der Waals surface area contributed by atoms with E-state index in [2.05, 4.69) is 17.3 Å². The molecule has 23 heavy (non-hydrogen) atoms. The maximum absolute atomic E-state index is 12.1. The van der Waals surface area contributed by atoms with Gasteiger partial charge in [0.15, 0.2) is 9.84 Å². The summed E-state index contributed by atoms with van der Waals surface area (Å²) in [5.74, 6) is 0.890. The Balaban J connectivity index is 1.91. The molecule has 1 aromatic rings. The molecule has 1 N–H and O–H groups in total. The topological polar surface area (TPSA) is 81.1 Å². The van der Waals surface area contributed by atoms with Crippen LogP contribution in [0.25, 0.3) is 0 Å². The fraction of sp³-hybridized carbons (Fsp3) is 0.750. The fourth-order valence-electron chi connectivity index (χ4n) is 2.95. The Morgan fingerprint density at radius 3 is 2.74 bits per heavy atom. The summed E-state index contributed by atoms with van der Waals surface area (Å²) >= 11 is 0. The van der Waals surface area contributed by atoms with Gasteiger partial charge in [-0.1, -0.05) is 32.6 Å². The number of hydrogen-bond acceptors (Lipinski definition) is 4. The van der Waals surface area contributed by atoms with E-state index in [0.29, 0.717) is 18.7 Å². The normalized spacial score (nSPS) is 19.8. The van der Waals surface area contributed by atoms with Gasteiger partial charge in [0.25, 0.3) is 0 Å². The Hall–Kier alpha value is -1.37. The molecular formula is C16H27N3O3S. The molecular weight excluding hydrogens is 314 g/mol. The van der Waals surface area contributed by atoms with Crippen LogP contribution in [-0.4, -0.2) is 35.6 Å². The first-order valence-electron chi connectivity index (χ1n) is 8.47. The van der Waals surface area contributed by atoms with Crippen molar-refractivity contribution in [1.82, 2.24) is 9.78 Å². The van der Waals surface area contributed by atoms with Crippen LogP contribution in [0.3, 0.4) is 0 Å². The minimum atomic E-state index is -2.98. The van der Waals surface area contributed by atoms with Crippen molar-refractivity contribution in [2.75, 3.05) is 16.8 Å². The molecule has 1 saturated heterocycles. The molecule has 6 nitrogen and oxygen atoms in total. The third-order valence-corrected chi connectivity index (χ3v) is 5.94. The van der Waals surface area contributed by atoms with E-state index in [1.807, 2.05) is 6.92 Å². The smallest absolute Gasteiger partial charge is 0.225 e. The molecule has 1 aliphatic rings. The van der Waals surface area contributed by atoms with Crippen LogP contribution in [0.1, 0.15) is 63.6 Å². The second kappa shape index (κ2) is 7.95. The van der Waals surface area contributed by atoms with E-state index < -0.39 is 9.84 Å². The zero-order valence-corrected chi connectivity index (χ0v) is 14.9. The van der Waals surface area contributed by atoms with Gasteiger partial charge in [-0.2, -0.15) is 5.10 Å². The van der Waals surface area contributed by atoms with Crippen molar-refractivity contribution in [3.05, 3.63) is 11.8 Å². The molecule has 0 aromatic carbocycles. The minimum Gasteiger partial charge on any atom is -0.311 e. The second-order valence-electron chi connectivity index (χ2n) is 6.38. The molecule has 0 radical (unpaired) electrons. The van der Waals surface area contributed by atoms with Crippen LogP contribution in [0, 0.1) is 6.92 Å². The summed E-state index contributed by atoms with van der Waals surface area (Å²) in [6.07, 6.45) is 6.58. The number of nitrogens with one attached hydrogen (secondary N) is 1. The van der Waals surface area contributed by atoms with Gasteiger partial charge in [0.05, 0.1) is 23.2 Å². The van der Waals surface area contributed by atoms with Crippen LogP contribution in [0.4, 0.5) is 5.82 Å². The Kier molecular flexibility index (Phi) is 6.21. The van der Waals surface area contributed by atoms with Gasteiger partial charge < -0.3 is 5.32 Å². The minimum absolute atomic E-state index is 0.0245. The number of aromatic nitrogens is 2. The summed E-state index contributed by atoms with van der Waals surface area (Å²) < 4.78 is 25.0. The van der Waals surface area contributed by atoms with Gasteiger partial charge in [-0.05, 0) is 19.8 Å². The maximum Gasteiger partial charge on any atom is 0.225 e. The number of rotatable bonds is 8. The standard InChI is InChI=1S/C16H27N3O3S/c1-3-4-5-6-7-8-16(20)17-15-11-13(2)18-19(15)14-9-10-23(21,22)12-14/h11,14H,3-10,12H2,1-2H3,(H,17,20). The quantitative estimate of drug-likeness (QED) is 0.737. The summed E-state index contributed by atoms with van der Waals surface area (Å²) in [5, 5.41) is 7.26. The van der Waals surface area contributed by atoms with E-state index in [1.165, 1.54) is 19.3 Å². The molecule has 0 bridgehead atoms. The lowest BCUT2D eigenvalue weighted by atomic mass is 10.1. The number of amides is 1. The lowest BCUT2D eigenvalue weighted by molar-refractivity contribution is -0.116. The molecule has 1 atom stereocenters. The number of sulfone groups is 1. The third kappa shape index (κ3) is 5.34. The number of carbonyl (C=O) groups is 1. The first kappa shape index (κ1) is 18.0. The fourth-order valence-corrected chi connectivity index (χ4v) is 4.64. The SMILES string of the molecule is CCCCCCCC(=O)Nc1cc(C)nn1C1CCS(=O)(=O)C1. The summed E-state index contributed by atoms with van der Waals surface area (Å²) in [6, 6.07) is 1.63. The van der Waals surface area contributed by atoms with Gasteiger partial charge in [0, 0.05) is 12.5 Å². The zero-order chi connectivity index (χ0) is 16.9. The Labute approximate surface area is 138 Å². The summed E-state index contributed by atoms with van der Waals surface area (Å²) in [7, 11) is -2.98. The predicted molar refractivity (Wildman–Crippen MR) is 91.3 cm³/mol. The Morgan fingerprint density at radius 1 is 1.35 bits per heavy atom. The van der Waals surface area contributed by atoms with Gasteiger partial charge in [-0.3, -0.25) is 4.79 Å². The lowest BCUT2D eigenvalue weighted by Gasteiger charge is -2.13. The third-order valence-electron chi connectivity index (χ3n) is 4.19. The molecule has 2 heterocycles. The maximum atomic E-state index is 12.1. The van der Waals surface area contributed by atoms with Crippen LogP contribution in [-0.2, 0) is 14.6 Å².